The van der Waals surface area contributed by atoms with Gasteiger partial charge in [-0.25, -0.2) is 4.98 Å². The Hall–Kier alpha value is -2.96. The van der Waals surface area contributed by atoms with E-state index in [1.807, 2.05) is 38.2 Å². The van der Waals surface area contributed by atoms with Crippen molar-refractivity contribution < 1.29 is 4.74 Å². The SMILES string of the molecule is CCOc1ccc(CN(Cc2ccccc2)Cc2cc(=O)n3cc(C)sc3n2)cc1. The van der Waals surface area contributed by atoms with Gasteiger partial charge in [0.25, 0.3) is 5.56 Å². The molecule has 0 bridgehead atoms. The Labute approximate surface area is 180 Å². The highest BCUT2D eigenvalue weighted by molar-refractivity contribution is 7.16. The minimum absolute atomic E-state index is 0.0277. The van der Waals surface area contributed by atoms with Crippen LogP contribution >= 0.6 is 11.3 Å². The Balaban J connectivity index is 1.59. The predicted octanol–water partition coefficient (Wildman–Crippen LogP) is 4.67. The number of rotatable bonds is 8. The molecule has 2 aromatic heterocycles. The Bertz CT molecular complexity index is 1170. The Morgan fingerprint density at radius 1 is 1.00 bits per heavy atom. The normalized spacial score (nSPS) is 11.3. The summed E-state index contributed by atoms with van der Waals surface area (Å²) in [4.78, 5) is 21.4. The van der Waals surface area contributed by atoms with E-state index in [0.29, 0.717) is 13.2 Å². The first-order chi connectivity index (χ1) is 14.6. The first-order valence-electron chi connectivity index (χ1n) is 10.1. The van der Waals surface area contributed by atoms with E-state index < -0.39 is 0 Å². The predicted molar refractivity (Wildman–Crippen MR) is 121 cm³/mol. The van der Waals surface area contributed by atoms with Gasteiger partial charge in [0, 0.05) is 36.8 Å². The van der Waals surface area contributed by atoms with E-state index in [1.165, 1.54) is 11.1 Å². The van der Waals surface area contributed by atoms with Crippen molar-refractivity contribution in [1.82, 2.24) is 14.3 Å². The summed E-state index contributed by atoms with van der Waals surface area (Å²) in [7, 11) is 0. The topological polar surface area (TPSA) is 46.8 Å². The lowest BCUT2D eigenvalue weighted by Gasteiger charge is -2.22. The van der Waals surface area contributed by atoms with Gasteiger partial charge in [0.2, 0.25) is 0 Å². The Kier molecular flexibility index (Phi) is 6.26. The fraction of sp³-hybridized carbons (Fsp3) is 0.250. The van der Waals surface area contributed by atoms with Crippen molar-refractivity contribution in [3.8, 4) is 5.75 Å². The number of ether oxygens (including phenoxy) is 1. The summed E-state index contributed by atoms with van der Waals surface area (Å²) >= 11 is 1.54. The maximum Gasteiger partial charge on any atom is 0.258 e. The molecule has 0 aliphatic heterocycles. The van der Waals surface area contributed by atoms with Gasteiger partial charge >= 0.3 is 0 Å². The molecule has 0 N–H and O–H groups in total. The molecule has 0 aliphatic rings. The molecule has 2 heterocycles. The maximum atomic E-state index is 12.5. The lowest BCUT2D eigenvalue weighted by atomic mass is 10.1. The summed E-state index contributed by atoms with van der Waals surface area (Å²) < 4.78 is 7.18. The van der Waals surface area contributed by atoms with Crippen LogP contribution in [0.5, 0.6) is 5.75 Å². The van der Waals surface area contributed by atoms with Gasteiger partial charge in [-0.1, -0.05) is 42.5 Å². The van der Waals surface area contributed by atoms with Gasteiger partial charge < -0.3 is 4.74 Å². The molecule has 0 fully saturated rings. The minimum atomic E-state index is -0.0277. The molecule has 0 spiro atoms. The van der Waals surface area contributed by atoms with Crippen LogP contribution in [0.25, 0.3) is 4.96 Å². The van der Waals surface area contributed by atoms with Crippen molar-refractivity contribution in [2.45, 2.75) is 33.5 Å². The summed E-state index contributed by atoms with van der Waals surface area (Å²) in [5.74, 6) is 0.879. The zero-order chi connectivity index (χ0) is 20.9. The van der Waals surface area contributed by atoms with Crippen molar-refractivity contribution in [2.75, 3.05) is 6.61 Å². The average Bonchev–Trinajstić information content (AvgIpc) is 3.11. The molecule has 2 aromatic carbocycles. The van der Waals surface area contributed by atoms with Gasteiger partial charge in [0.05, 0.1) is 12.3 Å². The molecule has 0 unspecified atom stereocenters. The molecule has 4 aromatic rings. The standard InChI is InChI=1S/C24H25N3O2S/c1-3-29-22-11-9-20(10-12-22)16-26(15-19-7-5-4-6-8-19)17-21-13-23(28)27-14-18(2)30-24(27)25-21/h4-14H,3,15-17H2,1-2H3. The smallest absolute Gasteiger partial charge is 0.258 e. The van der Waals surface area contributed by atoms with Crippen molar-refractivity contribution >= 4 is 16.3 Å². The summed E-state index contributed by atoms with van der Waals surface area (Å²) in [6.45, 7) is 6.77. The number of hydrogen-bond donors (Lipinski definition) is 0. The molecule has 0 saturated heterocycles. The third kappa shape index (κ3) is 4.96. The molecule has 0 amide bonds. The molecule has 154 valence electrons. The highest BCUT2D eigenvalue weighted by Gasteiger charge is 2.12. The van der Waals surface area contributed by atoms with Crippen LogP contribution in [-0.2, 0) is 19.6 Å². The molecule has 0 atom stereocenters. The fourth-order valence-corrected chi connectivity index (χ4v) is 4.34. The van der Waals surface area contributed by atoms with Crippen molar-refractivity contribution in [2.24, 2.45) is 0 Å². The van der Waals surface area contributed by atoms with Gasteiger partial charge in [-0.2, -0.15) is 0 Å². The van der Waals surface area contributed by atoms with E-state index in [0.717, 1.165) is 34.4 Å². The number of benzene rings is 2. The van der Waals surface area contributed by atoms with Gasteiger partial charge in [-0.3, -0.25) is 14.1 Å². The third-order valence-corrected chi connectivity index (χ3v) is 5.71. The summed E-state index contributed by atoms with van der Waals surface area (Å²) in [6.07, 6.45) is 1.85. The molecule has 0 aliphatic carbocycles. The second-order valence-corrected chi connectivity index (χ2v) is 8.50. The highest BCUT2D eigenvalue weighted by atomic mass is 32.1. The fourth-order valence-electron chi connectivity index (χ4n) is 3.49. The first kappa shape index (κ1) is 20.3. The Morgan fingerprint density at radius 2 is 1.70 bits per heavy atom. The maximum absolute atomic E-state index is 12.5. The van der Waals surface area contributed by atoms with Gasteiger partial charge in [-0.15, -0.1) is 11.3 Å². The van der Waals surface area contributed by atoms with Crippen LogP contribution in [-0.4, -0.2) is 20.9 Å². The van der Waals surface area contributed by atoms with Gasteiger partial charge in [0.15, 0.2) is 4.96 Å². The molecule has 4 rings (SSSR count). The van der Waals surface area contributed by atoms with E-state index in [-0.39, 0.29) is 5.56 Å². The van der Waals surface area contributed by atoms with Crippen LogP contribution in [0.4, 0.5) is 0 Å². The lowest BCUT2D eigenvalue weighted by Crippen LogP contribution is -2.24. The van der Waals surface area contributed by atoms with E-state index in [4.69, 9.17) is 9.72 Å². The van der Waals surface area contributed by atoms with Crippen LogP contribution < -0.4 is 10.3 Å². The van der Waals surface area contributed by atoms with E-state index in [2.05, 4.69) is 41.3 Å². The van der Waals surface area contributed by atoms with Crippen LogP contribution in [0.15, 0.2) is 71.7 Å². The number of hydrogen-bond acceptors (Lipinski definition) is 5. The van der Waals surface area contributed by atoms with Crippen molar-refractivity contribution in [1.29, 1.82) is 0 Å². The molecule has 6 heteroatoms. The van der Waals surface area contributed by atoms with Crippen LogP contribution in [0, 0.1) is 6.92 Å². The van der Waals surface area contributed by atoms with E-state index in [9.17, 15) is 4.79 Å². The molecule has 0 radical (unpaired) electrons. The number of nitrogens with zero attached hydrogens (tertiary/aromatic N) is 3. The summed E-state index contributed by atoms with van der Waals surface area (Å²) in [6, 6.07) is 20.2. The van der Waals surface area contributed by atoms with E-state index >= 15 is 0 Å². The first-order valence-corrected chi connectivity index (χ1v) is 10.9. The second-order valence-electron chi connectivity index (χ2n) is 7.29. The zero-order valence-corrected chi connectivity index (χ0v) is 18.1. The molecule has 30 heavy (non-hydrogen) atoms. The van der Waals surface area contributed by atoms with Crippen LogP contribution in [0.3, 0.4) is 0 Å². The molecule has 5 nitrogen and oxygen atoms in total. The number of thiazole rings is 1. The van der Waals surface area contributed by atoms with Gasteiger partial charge in [0.1, 0.15) is 5.75 Å². The highest BCUT2D eigenvalue weighted by Crippen LogP contribution is 2.18. The zero-order valence-electron chi connectivity index (χ0n) is 17.2. The summed E-state index contributed by atoms with van der Waals surface area (Å²) in [5.41, 5.74) is 3.19. The molecular formula is C24H25N3O2S. The minimum Gasteiger partial charge on any atom is -0.494 e. The molecular weight excluding hydrogens is 394 g/mol. The van der Waals surface area contributed by atoms with Crippen molar-refractivity contribution in [3.05, 3.63) is 98.9 Å². The molecule has 0 saturated carbocycles. The van der Waals surface area contributed by atoms with Crippen molar-refractivity contribution in [3.63, 3.8) is 0 Å². The average molecular weight is 420 g/mol. The third-order valence-electron chi connectivity index (χ3n) is 4.81. The lowest BCUT2D eigenvalue weighted by molar-refractivity contribution is 0.244. The van der Waals surface area contributed by atoms with Gasteiger partial charge in [-0.05, 0) is 37.1 Å². The Morgan fingerprint density at radius 3 is 2.40 bits per heavy atom. The van der Waals surface area contributed by atoms with E-state index in [1.54, 1.807) is 21.8 Å². The van der Waals surface area contributed by atoms with Crippen LogP contribution in [0.1, 0.15) is 28.6 Å². The van der Waals surface area contributed by atoms with Crippen LogP contribution in [0.2, 0.25) is 0 Å². The second kappa shape index (κ2) is 9.24. The largest absolute Gasteiger partial charge is 0.494 e. The summed E-state index contributed by atoms with van der Waals surface area (Å²) in [5, 5.41) is 0. The quantitative estimate of drug-likeness (QED) is 0.417. The number of aromatic nitrogens is 2. The monoisotopic (exact) mass is 419 g/mol. The number of fused-ring (bicyclic) bond motifs is 1. The number of aryl methyl sites for hydroxylation is 1.